The lowest BCUT2D eigenvalue weighted by Gasteiger charge is -2.18. The van der Waals surface area contributed by atoms with Gasteiger partial charge in [-0.2, -0.15) is 0 Å². The molecule has 7 heteroatoms. The van der Waals surface area contributed by atoms with E-state index in [-0.39, 0.29) is 6.03 Å². The highest BCUT2D eigenvalue weighted by atomic mass is 16.2. The van der Waals surface area contributed by atoms with Crippen molar-refractivity contribution in [1.82, 2.24) is 9.97 Å². The van der Waals surface area contributed by atoms with Gasteiger partial charge in [0.2, 0.25) is 0 Å². The Labute approximate surface area is 170 Å². The highest BCUT2D eigenvalue weighted by Crippen LogP contribution is 2.23. The molecule has 0 radical (unpaired) electrons. The van der Waals surface area contributed by atoms with E-state index >= 15 is 0 Å². The number of rotatable bonds is 5. The molecule has 0 unspecified atom stereocenters. The number of urea groups is 1. The van der Waals surface area contributed by atoms with Gasteiger partial charge in [0.1, 0.15) is 17.5 Å². The van der Waals surface area contributed by atoms with Crippen LogP contribution >= 0.6 is 0 Å². The largest absolute Gasteiger partial charge is 0.356 e. The summed E-state index contributed by atoms with van der Waals surface area (Å²) in [6.45, 7) is 3.99. The second kappa shape index (κ2) is 8.60. The molecule has 3 N–H and O–H groups in total. The minimum Gasteiger partial charge on any atom is -0.356 e. The zero-order chi connectivity index (χ0) is 20.1. The average Bonchev–Trinajstić information content (AvgIpc) is 3.25. The molecule has 2 amide bonds. The summed E-state index contributed by atoms with van der Waals surface area (Å²) in [5, 5.41) is 8.95. The fourth-order valence-electron chi connectivity index (χ4n) is 3.32. The van der Waals surface area contributed by atoms with Crippen molar-refractivity contribution in [2.45, 2.75) is 19.8 Å². The number of amides is 2. The van der Waals surface area contributed by atoms with E-state index in [0.717, 1.165) is 41.9 Å². The number of anilines is 5. The van der Waals surface area contributed by atoms with E-state index in [1.807, 2.05) is 67.6 Å². The van der Waals surface area contributed by atoms with Gasteiger partial charge in [-0.05, 0) is 56.2 Å². The van der Waals surface area contributed by atoms with Gasteiger partial charge in [-0.15, -0.1) is 0 Å². The molecule has 1 fully saturated rings. The van der Waals surface area contributed by atoms with E-state index in [0.29, 0.717) is 5.69 Å². The number of nitrogens with one attached hydrogen (secondary N) is 3. The lowest BCUT2D eigenvalue weighted by atomic mass is 10.2. The van der Waals surface area contributed by atoms with Crippen LogP contribution in [-0.2, 0) is 0 Å². The monoisotopic (exact) mass is 388 g/mol. The van der Waals surface area contributed by atoms with Crippen LogP contribution in [0.2, 0.25) is 0 Å². The van der Waals surface area contributed by atoms with Crippen molar-refractivity contribution in [3.63, 3.8) is 0 Å². The Morgan fingerprint density at radius 2 is 1.48 bits per heavy atom. The predicted octanol–water partition coefficient (Wildman–Crippen LogP) is 4.77. The van der Waals surface area contributed by atoms with E-state index in [9.17, 15) is 4.79 Å². The predicted molar refractivity (Wildman–Crippen MR) is 117 cm³/mol. The number of nitrogens with zero attached hydrogens (tertiary/aromatic N) is 3. The summed E-state index contributed by atoms with van der Waals surface area (Å²) < 4.78 is 0. The Balaban J connectivity index is 1.39. The smallest absolute Gasteiger partial charge is 0.323 e. The number of para-hydroxylation sites is 1. The lowest BCUT2D eigenvalue weighted by molar-refractivity contribution is 0.262. The quantitative estimate of drug-likeness (QED) is 0.586. The number of carbonyl (C=O) groups is 1. The molecule has 1 saturated heterocycles. The zero-order valence-electron chi connectivity index (χ0n) is 16.4. The van der Waals surface area contributed by atoms with Crippen LogP contribution in [0.15, 0.2) is 60.7 Å². The summed E-state index contributed by atoms with van der Waals surface area (Å²) in [5.74, 6) is 2.48. The van der Waals surface area contributed by atoms with Crippen LogP contribution in [0.25, 0.3) is 0 Å². The maximum atomic E-state index is 12.1. The molecule has 2 aromatic carbocycles. The Hall–Kier alpha value is -3.61. The third kappa shape index (κ3) is 5.01. The molecule has 0 bridgehead atoms. The van der Waals surface area contributed by atoms with Crippen LogP contribution < -0.4 is 20.9 Å². The standard InChI is InChI=1S/C22H24N6O/c1-16-23-20(15-21(24-16)28-13-5-6-14-28)25-18-9-11-19(12-10-18)27-22(29)26-17-7-3-2-4-8-17/h2-4,7-12,15H,5-6,13-14H2,1H3,(H,23,24,25)(H2,26,27,29). The van der Waals surface area contributed by atoms with Crippen LogP contribution in [0.1, 0.15) is 18.7 Å². The third-order valence-electron chi connectivity index (χ3n) is 4.70. The molecule has 0 saturated carbocycles. The van der Waals surface area contributed by atoms with Gasteiger partial charge in [0.15, 0.2) is 0 Å². The maximum absolute atomic E-state index is 12.1. The molecule has 1 aromatic heterocycles. The average molecular weight is 388 g/mol. The van der Waals surface area contributed by atoms with Gasteiger partial charge in [-0.3, -0.25) is 0 Å². The second-order valence-corrected chi connectivity index (χ2v) is 7.00. The van der Waals surface area contributed by atoms with Crippen molar-refractivity contribution in [3.8, 4) is 0 Å². The van der Waals surface area contributed by atoms with Crippen molar-refractivity contribution in [2.75, 3.05) is 33.9 Å². The topological polar surface area (TPSA) is 82.2 Å². The van der Waals surface area contributed by atoms with Crippen LogP contribution in [0.5, 0.6) is 0 Å². The van der Waals surface area contributed by atoms with Gasteiger partial charge in [0.25, 0.3) is 0 Å². The van der Waals surface area contributed by atoms with Crippen LogP contribution in [-0.4, -0.2) is 29.1 Å². The van der Waals surface area contributed by atoms with Gasteiger partial charge in [0.05, 0.1) is 0 Å². The van der Waals surface area contributed by atoms with E-state index < -0.39 is 0 Å². The molecule has 148 valence electrons. The van der Waals surface area contributed by atoms with Crippen LogP contribution in [0.3, 0.4) is 0 Å². The Kier molecular flexibility index (Phi) is 5.56. The molecule has 0 atom stereocenters. The molecule has 29 heavy (non-hydrogen) atoms. The third-order valence-corrected chi connectivity index (χ3v) is 4.70. The first kappa shape index (κ1) is 18.7. The Morgan fingerprint density at radius 3 is 2.17 bits per heavy atom. The molecular formula is C22H24N6O. The first-order valence-corrected chi connectivity index (χ1v) is 9.76. The Morgan fingerprint density at radius 1 is 0.862 bits per heavy atom. The molecule has 1 aliphatic rings. The van der Waals surface area contributed by atoms with Gasteiger partial charge in [-0.25, -0.2) is 14.8 Å². The van der Waals surface area contributed by atoms with E-state index in [1.54, 1.807) is 0 Å². The van der Waals surface area contributed by atoms with Crippen molar-refractivity contribution >= 4 is 34.7 Å². The van der Waals surface area contributed by atoms with Crippen molar-refractivity contribution in [3.05, 3.63) is 66.5 Å². The maximum Gasteiger partial charge on any atom is 0.323 e. The normalized spacial score (nSPS) is 13.2. The number of hydrogen-bond acceptors (Lipinski definition) is 5. The van der Waals surface area contributed by atoms with Gasteiger partial charge >= 0.3 is 6.03 Å². The fraction of sp³-hybridized carbons (Fsp3) is 0.227. The zero-order valence-corrected chi connectivity index (χ0v) is 16.4. The molecule has 3 aromatic rings. The van der Waals surface area contributed by atoms with Gasteiger partial charge < -0.3 is 20.9 Å². The number of aryl methyl sites for hydroxylation is 1. The van der Waals surface area contributed by atoms with Crippen LogP contribution in [0, 0.1) is 6.92 Å². The summed E-state index contributed by atoms with van der Waals surface area (Å²) in [4.78, 5) is 23.4. The molecule has 1 aliphatic heterocycles. The summed E-state index contributed by atoms with van der Waals surface area (Å²) in [6, 6.07) is 18.6. The molecule has 0 aliphatic carbocycles. The van der Waals surface area contributed by atoms with E-state index in [4.69, 9.17) is 0 Å². The molecule has 0 spiro atoms. The van der Waals surface area contributed by atoms with Crippen molar-refractivity contribution < 1.29 is 4.79 Å². The Bertz CT molecular complexity index is 968. The SMILES string of the molecule is Cc1nc(Nc2ccc(NC(=O)Nc3ccccc3)cc2)cc(N2CCCC2)n1. The van der Waals surface area contributed by atoms with E-state index in [2.05, 4.69) is 30.8 Å². The summed E-state index contributed by atoms with van der Waals surface area (Å²) in [6.07, 6.45) is 2.41. The molecule has 2 heterocycles. The number of carbonyl (C=O) groups excluding carboxylic acids is 1. The minimum absolute atomic E-state index is 0.279. The van der Waals surface area contributed by atoms with E-state index in [1.165, 1.54) is 12.8 Å². The van der Waals surface area contributed by atoms with Gasteiger partial charge in [0, 0.05) is 36.2 Å². The second-order valence-electron chi connectivity index (χ2n) is 7.00. The summed E-state index contributed by atoms with van der Waals surface area (Å²) in [7, 11) is 0. The fourth-order valence-corrected chi connectivity index (χ4v) is 3.32. The summed E-state index contributed by atoms with van der Waals surface area (Å²) in [5.41, 5.74) is 2.35. The van der Waals surface area contributed by atoms with Crippen molar-refractivity contribution in [2.24, 2.45) is 0 Å². The van der Waals surface area contributed by atoms with Crippen LogP contribution in [0.4, 0.5) is 33.5 Å². The summed E-state index contributed by atoms with van der Waals surface area (Å²) >= 11 is 0. The number of hydrogen-bond donors (Lipinski definition) is 3. The molecule has 7 nitrogen and oxygen atoms in total. The van der Waals surface area contributed by atoms with Gasteiger partial charge in [-0.1, -0.05) is 18.2 Å². The first-order valence-electron chi connectivity index (χ1n) is 9.76. The van der Waals surface area contributed by atoms with Crippen molar-refractivity contribution in [1.29, 1.82) is 0 Å². The molecular weight excluding hydrogens is 364 g/mol. The molecule has 4 rings (SSSR count). The minimum atomic E-state index is -0.279. The number of aromatic nitrogens is 2. The lowest BCUT2D eigenvalue weighted by Crippen LogP contribution is -2.19. The first-order chi connectivity index (χ1) is 14.2. The number of benzene rings is 2. The highest BCUT2D eigenvalue weighted by Gasteiger charge is 2.15. The highest BCUT2D eigenvalue weighted by molar-refractivity contribution is 5.99.